The van der Waals surface area contributed by atoms with Gasteiger partial charge in [0.05, 0.1) is 11.3 Å². The van der Waals surface area contributed by atoms with Gasteiger partial charge in [-0.25, -0.2) is 0 Å². The van der Waals surface area contributed by atoms with E-state index in [9.17, 15) is 9.59 Å². The van der Waals surface area contributed by atoms with E-state index in [4.69, 9.17) is 5.73 Å². The van der Waals surface area contributed by atoms with Gasteiger partial charge in [-0.2, -0.15) is 0 Å². The van der Waals surface area contributed by atoms with E-state index < -0.39 is 5.41 Å². The number of nitrogens with two attached hydrogens (primary N) is 1. The quantitative estimate of drug-likeness (QED) is 0.841. The Hall–Kier alpha value is -1.88. The van der Waals surface area contributed by atoms with Crippen LogP contribution in [0.3, 0.4) is 0 Å². The summed E-state index contributed by atoms with van der Waals surface area (Å²) in [6.45, 7) is 5.58. The Balaban J connectivity index is 2.03. The monoisotopic (exact) mass is 331 g/mol. The average Bonchev–Trinajstić information content (AvgIpc) is 2.64. The highest BCUT2D eigenvalue weighted by Crippen LogP contribution is 2.30. The predicted octanol–water partition coefficient (Wildman–Crippen LogP) is 2.63. The number of hydrogen-bond acceptors (Lipinski definition) is 3. The lowest BCUT2D eigenvalue weighted by atomic mass is 9.80. The number of anilines is 1. The summed E-state index contributed by atoms with van der Waals surface area (Å²) in [5.74, 6) is -0.0654. The fourth-order valence-electron chi connectivity index (χ4n) is 3.41. The van der Waals surface area contributed by atoms with E-state index in [-0.39, 0.29) is 17.7 Å². The second kappa shape index (κ2) is 8.29. The molecule has 3 N–H and O–H groups in total. The first kappa shape index (κ1) is 18.5. The van der Waals surface area contributed by atoms with Crippen molar-refractivity contribution in [3.8, 4) is 0 Å². The van der Waals surface area contributed by atoms with E-state index in [0.29, 0.717) is 13.1 Å². The predicted molar refractivity (Wildman–Crippen MR) is 96.4 cm³/mol. The number of nitrogens with one attached hydrogen (secondary N) is 1. The Morgan fingerprint density at radius 3 is 2.50 bits per heavy atom. The van der Waals surface area contributed by atoms with Gasteiger partial charge < -0.3 is 16.0 Å². The topological polar surface area (TPSA) is 75.4 Å². The van der Waals surface area contributed by atoms with Crippen molar-refractivity contribution in [2.24, 2.45) is 17.1 Å². The molecule has 1 fully saturated rings. The second-order valence-corrected chi connectivity index (χ2v) is 6.64. The minimum atomic E-state index is -0.488. The number of hydrogen-bond donors (Lipinski definition) is 2. The summed E-state index contributed by atoms with van der Waals surface area (Å²) in [4.78, 5) is 27.3. The Bertz CT molecular complexity index is 547. The summed E-state index contributed by atoms with van der Waals surface area (Å²) in [5, 5.41) is 2.95. The van der Waals surface area contributed by atoms with Crippen LogP contribution in [0.25, 0.3) is 0 Å². The smallest absolute Gasteiger partial charge is 0.230 e. The first-order valence-corrected chi connectivity index (χ1v) is 8.91. The lowest BCUT2D eigenvalue weighted by molar-refractivity contribution is -0.144. The van der Waals surface area contributed by atoms with Crippen molar-refractivity contribution in [1.29, 1.82) is 0 Å². The first-order chi connectivity index (χ1) is 11.6. The molecule has 5 heteroatoms. The number of nitrogens with zero attached hydrogens (tertiary/aromatic N) is 1. The van der Waals surface area contributed by atoms with E-state index in [1.165, 1.54) is 0 Å². The Kier molecular flexibility index (Phi) is 6.37. The number of rotatable bonds is 6. The number of carbonyl (C=O) groups excluding carboxylic acids is 2. The molecule has 0 aromatic heterocycles. The van der Waals surface area contributed by atoms with Crippen molar-refractivity contribution in [1.82, 2.24) is 4.90 Å². The summed E-state index contributed by atoms with van der Waals surface area (Å²) in [7, 11) is 0. The zero-order valence-electron chi connectivity index (χ0n) is 14.8. The van der Waals surface area contributed by atoms with Crippen molar-refractivity contribution in [3.05, 3.63) is 30.3 Å². The van der Waals surface area contributed by atoms with E-state index in [1.807, 2.05) is 49.1 Å². The Morgan fingerprint density at radius 2 is 1.92 bits per heavy atom. The molecule has 1 unspecified atom stereocenters. The highest BCUT2D eigenvalue weighted by Gasteiger charge is 2.39. The Morgan fingerprint density at radius 1 is 1.25 bits per heavy atom. The van der Waals surface area contributed by atoms with Gasteiger partial charge in [0.25, 0.3) is 0 Å². The molecule has 1 heterocycles. The minimum Gasteiger partial charge on any atom is -0.341 e. The second-order valence-electron chi connectivity index (χ2n) is 6.64. The van der Waals surface area contributed by atoms with Gasteiger partial charge in [-0.15, -0.1) is 0 Å². The van der Waals surface area contributed by atoms with Crippen molar-refractivity contribution in [2.45, 2.75) is 39.5 Å². The molecule has 1 saturated heterocycles. The summed E-state index contributed by atoms with van der Waals surface area (Å²) in [5.41, 5.74) is 6.21. The van der Waals surface area contributed by atoms with Crippen LogP contribution >= 0.6 is 0 Å². The van der Waals surface area contributed by atoms with Crippen LogP contribution in [0.15, 0.2) is 30.3 Å². The molecule has 1 aromatic rings. The van der Waals surface area contributed by atoms with E-state index in [2.05, 4.69) is 5.32 Å². The number of para-hydroxylation sites is 1. The molecule has 0 bridgehead atoms. The average molecular weight is 331 g/mol. The highest BCUT2D eigenvalue weighted by molar-refractivity contribution is 5.93. The molecule has 1 aliphatic heterocycles. The highest BCUT2D eigenvalue weighted by atomic mass is 16.2. The summed E-state index contributed by atoms with van der Waals surface area (Å²) in [6, 6.07) is 9.45. The Labute approximate surface area is 144 Å². The number of piperidine rings is 1. The summed E-state index contributed by atoms with van der Waals surface area (Å²) in [6.07, 6.45) is 3.13. The third kappa shape index (κ3) is 3.96. The molecule has 0 saturated carbocycles. The van der Waals surface area contributed by atoms with E-state index in [0.717, 1.165) is 37.9 Å². The molecule has 24 heavy (non-hydrogen) atoms. The fourth-order valence-corrected chi connectivity index (χ4v) is 3.41. The van der Waals surface area contributed by atoms with Gasteiger partial charge in [-0.1, -0.05) is 32.0 Å². The number of benzene rings is 1. The van der Waals surface area contributed by atoms with E-state index >= 15 is 0 Å². The fraction of sp³-hybridized carbons (Fsp3) is 0.579. The molecule has 2 rings (SSSR count). The van der Waals surface area contributed by atoms with Crippen LogP contribution in [0.2, 0.25) is 0 Å². The third-order valence-electron chi connectivity index (χ3n) is 5.32. The van der Waals surface area contributed by atoms with Gasteiger partial charge in [-0.05, 0) is 37.8 Å². The number of carbonyl (C=O) groups is 2. The van der Waals surface area contributed by atoms with Crippen LogP contribution in [0, 0.1) is 11.3 Å². The molecular formula is C19H29N3O2. The van der Waals surface area contributed by atoms with Crippen LogP contribution in [0.1, 0.15) is 39.5 Å². The van der Waals surface area contributed by atoms with Gasteiger partial charge in [-0.3, -0.25) is 9.59 Å². The van der Waals surface area contributed by atoms with Gasteiger partial charge in [0.15, 0.2) is 0 Å². The molecule has 0 spiro atoms. The molecular weight excluding hydrogens is 302 g/mol. The molecule has 0 aliphatic carbocycles. The maximum absolute atomic E-state index is 13.0. The largest absolute Gasteiger partial charge is 0.341 e. The SMILES string of the molecule is CCC(CC)(CN)C(=O)N1CCCC(C(=O)Nc2ccccc2)C1. The van der Waals surface area contributed by atoms with E-state index in [1.54, 1.807) is 0 Å². The lowest BCUT2D eigenvalue weighted by Gasteiger charge is -2.39. The first-order valence-electron chi connectivity index (χ1n) is 8.91. The number of likely N-dealkylation sites (tertiary alicyclic amines) is 1. The van der Waals surface area contributed by atoms with Crippen LogP contribution in [0.4, 0.5) is 5.69 Å². The van der Waals surface area contributed by atoms with Gasteiger partial charge in [0, 0.05) is 25.3 Å². The van der Waals surface area contributed by atoms with Gasteiger partial charge >= 0.3 is 0 Å². The molecule has 0 radical (unpaired) electrons. The van der Waals surface area contributed by atoms with Crippen molar-refractivity contribution >= 4 is 17.5 Å². The van der Waals surface area contributed by atoms with Crippen LogP contribution in [-0.2, 0) is 9.59 Å². The molecule has 5 nitrogen and oxygen atoms in total. The van der Waals surface area contributed by atoms with Crippen LogP contribution in [0.5, 0.6) is 0 Å². The van der Waals surface area contributed by atoms with Crippen molar-refractivity contribution < 1.29 is 9.59 Å². The minimum absolute atomic E-state index is 0.00922. The molecule has 1 aliphatic rings. The molecule has 1 aromatic carbocycles. The summed E-state index contributed by atoms with van der Waals surface area (Å²) < 4.78 is 0. The number of amides is 2. The molecule has 132 valence electrons. The maximum Gasteiger partial charge on any atom is 0.230 e. The van der Waals surface area contributed by atoms with Crippen LogP contribution < -0.4 is 11.1 Å². The lowest BCUT2D eigenvalue weighted by Crippen LogP contribution is -2.52. The standard InChI is InChI=1S/C19H29N3O2/c1-3-19(4-2,14-20)18(24)22-12-8-9-15(13-22)17(23)21-16-10-6-5-7-11-16/h5-7,10-11,15H,3-4,8-9,12-14,20H2,1-2H3,(H,21,23). The molecule has 2 amide bonds. The zero-order chi connectivity index (χ0) is 17.6. The molecule has 1 atom stereocenters. The third-order valence-corrected chi connectivity index (χ3v) is 5.32. The van der Waals surface area contributed by atoms with Crippen molar-refractivity contribution in [3.63, 3.8) is 0 Å². The maximum atomic E-state index is 13.0. The van der Waals surface area contributed by atoms with Crippen molar-refractivity contribution in [2.75, 3.05) is 25.0 Å². The zero-order valence-corrected chi connectivity index (χ0v) is 14.8. The summed E-state index contributed by atoms with van der Waals surface area (Å²) >= 11 is 0. The van der Waals surface area contributed by atoms with Gasteiger partial charge in [0.2, 0.25) is 11.8 Å². The van der Waals surface area contributed by atoms with Gasteiger partial charge in [0.1, 0.15) is 0 Å². The van der Waals surface area contributed by atoms with Crippen LogP contribution in [-0.4, -0.2) is 36.3 Å². The normalized spacial score (nSPS) is 18.3.